The number of amides is 4. The predicted molar refractivity (Wildman–Crippen MR) is 204 cm³/mol. The van der Waals surface area contributed by atoms with E-state index in [4.69, 9.17) is 4.74 Å². The van der Waals surface area contributed by atoms with Crippen LogP contribution in [0.25, 0.3) is 0 Å². The number of carboxylic acid groups (broad SMARTS) is 2. The van der Waals surface area contributed by atoms with Crippen LogP contribution in [0.2, 0.25) is 0 Å². The van der Waals surface area contributed by atoms with Gasteiger partial charge in [0.25, 0.3) is 5.91 Å². The lowest BCUT2D eigenvalue weighted by atomic mass is 9.81. The van der Waals surface area contributed by atoms with Crippen LogP contribution >= 0.6 is 0 Å². The molecule has 2 aliphatic rings. The summed E-state index contributed by atoms with van der Waals surface area (Å²) in [4.78, 5) is 80.5. The second-order valence-electron chi connectivity index (χ2n) is 14.4. The van der Waals surface area contributed by atoms with E-state index in [1.807, 2.05) is 42.5 Å². The summed E-state index contributed by atoms with van der Waals surface area (Å²) in [5, 5.41) is 25.1. The minimum absolute atomic E-state index is 0.00555. The fraction of sp³-hybridized carbons (Fsp3) is 0.429. The number of carbonyl (C=O) groups excluding carboxylic acids is 4. The van der Waals surface area contributed by atoms with Crippen LogP contribution in [-0.4, -0.2) is 82.6 Å². The molecule has 0 spiro atoms. The maximum absolute atomic E-state index is 14.5. The van der Waals surface area contributed by atoms with E-state index in [0.717, 1.165) is 24.0 Å². The zero-order valence-electron chi connectivity index (χ0n) is 31.4. The highest BCUT2D eigenvalue weighted by Crippen LogP contribution is 2.41. The molecule has 0 aromatic heterocycles. The van der Waals surface area contributed by atoms with E-state index in [-0.39, 0.29) is 43.4 Å². The lowest BCUT2D eigenvalue weighted by Gasteiger charge is -2.32. The zero-order chi connectivity index (χ0) is 39.5. The molecule has 1 saturated heterocycles. The summed E-state index contributed by atoms with van der Waals surface area (Å²) in [7, 11) is 1.56. The molecular weight excluding hydrogens is 704 g/mol. The number of nitrogens with zero attached hydrogens (tertiary/aromatic N) is 2. The van der Waals surface area contributed by atoms with E-state index in [9.17, 15) is 39.0 Å². The van der Waals surface area contributed by atoms with Crippen molar-refractivity contribution in [1.82, 2.24) is 15.5 Å². The molecule has 1 saturated carbocycles. The smallest absolute Gasteiger partial charge is 0.326 e. The van der Waals surface area contributed by atoms with Gasteiger partial charge in [-0.2, -0.15) is 0 Å². The molecule has 1 aliphatic heterocycles. The Morgan fingerprint density at radius 2 is 1.53 bits per heavy atom. The molecule has 2 fully saturated rings. The summed E-state index contributed by atoms with van der Waals surface area (Å²) in [5.41, 5.74) is 2.18. The number of hydrogen-bond donors (Lipinski definition) is 4. The summed E-state index contributed by atoms with van der Waals surface area (Å²) >= 11 is 0. The first-order valence-electron chi connectivity index (χ1n) is 18.8. The molecule has 1 aliphatic carbocycles. The molecule has 3 atom stereocenters. The molecule has 0 radical (unpaired) electrons. The first-order valence-corrected chi connectivity index (χ1v) is 18.8. The van der Waals surface area contributed by atoms with Gasteiger partial charge in [0.05, 0.1) is 18.9 Å². The predicted octanol–water partition coefficient (Wildman–Crippen LogP) is 4.50. The van der Waals surface area contributed by atoms with E-state index in [1.54, 1.807) is 48.4 Å². The minimum Gasteiger partial charge on any atom is -0.497 e. The number of methoxy groups -OCH3 is 1. The average Bonchev–Trinajstić information content (AvgIpc) is 3.76. The van der Waals surface area contributed by atoms with E-state index in [0.29, 0.717) is 55.6 Å². The first kappa shape index (κ1) is 40.5. The summed E-state index contributed by atoms with van der Waals surface area (Å²) in [6.07, 6.45) is 3.08. The van der Waals surface area contributed by atoms with Crippen molar-refractivity contribution in [2.45, 2.75) is 95.8 Å². The molecule has 0 bridgehead atoms. The van der Waals surface area contributed by atoms with Gasteiger partial charge in [0.15, 0.2) is 0 Å². The number of aryl methyl sites for hydroxylation is 1. The summed E-state index contributed by atoms with van der Waals surface area (Å²) < 4.78 is 5.29. The second kappa shape index (κ2) is 18.5. The Kier molecular flexibility index (Phi) is 13.6. The Morgan fingerprint density at radius 3 is 2.13 bits per heavy atom. The molecular formula is C42H50N4O9. The minimum atomic E-state index is -1.21. The molecule has 1 heterocycles. The number of ether oxygens (including phenoxy) is 1. The Bertz CT molecular complexity index is 1830. The van der Waals surface area contributed by atoms with Crippen LogP contribution in [-0.2, 0) is 48.0 Å². The summed E-state index contributed by atoms with van der Waals surface area (Å²) in [6, 6.07) is 21.6. The van der Waals surface area contributed by atoms with Crippen LogP contribution < -0.4 is 20.3 Å². The third kappa shape index (κ3) is 10.3. The molecule has 3 aromatic carbocycles. The maximum Gasteiger partial charge on any atom is 0.326 e. The van der Waals surface area contributed by atoms with Gasteiger partial charge in [-0.05, 0) is 73.1 Å². The highest BCUT2D eigenvalue weighted by Gasteiger charge is 2.48. The molecule has 13 nitrogen and oxygen atoms in total. The lowest BCUT2D eigenvalue weighted by Crippen LogP contribution is -2.49. The van der Waals surface area contributed by atoms with Gasteiger partial charge in [0.1, 0.15) is 24.0 Å². The van der Waals surface area contributed by atoms with Crippen molar-refractivity contribution in [1.29, 1.82) is 0 Å². The molecule has 292 valence electrons. The van der Waals surface area contributed by atoms with E-state index in [2.05, 4.69) is 10.6 Å². The van der Waals surface area contributed by atoms with Crippen molar-refractivity contribution in [3.63, 3.8) is 0 Å². The monoisotopic (exact) mass is 754 g/mol. The third-order valence-electron chi connectivity index (χ3n) is 10.7. The summed E-state index contributed by atoms with van der Waals surface area (Å²) in [6.45, 7) is 1.74. The number of carbonyl (C=O) groups is 6. The largest absolute Gasteiger partial charge is 0.497 e. The van der Waals surface area contributed by atoms with Crippen molar-refractivity contribution in [3.05, 3.63) is 95.6 Å². The van der Waals surface area contributed by atoms with Gasteiger partial charge >= 0.3 is 11.9 Å². The zero-order valence-corrected chi connectivity index (χ0v) is 31.4. The van der Waals surface area contributed by atoms with Crippen molar-refractivity contribution in [2.75, 3.05) is 18.6 Å². The van der Waals surface area contributed by atoms with Crippen molar-refractivity contribution in [3.8, 4) is 5.75 Å². The molecule has 55 heavy (non-hydrogen) atoms. The van der Waals surface area contributed by atoms with Crippen LogP contribution in [0.3, 0.4) is 0 Å². The highest BCUT2D eigenvalue weighted by atomic mass is 16.5. The normalized spacial score (nSPS) is 18.1. The van der Waals surface area contributed by atoms with Crippen LogP contribution in [0.1, 0.15) is 75.0 Å². The topological polar surface area (TPSA) is 183 Å². The number of rotatable bonds is 18. The van der Waals surface area contributed by atoms with E-state index < -0.39 is 41.5 Å². The van der Waals surface area contributed by atoms with Gasteiger partial charge in [0.2, 0.25) is 17.7 Å². The SMILES string of the molecule is COc1ccc(CC2C(=O)N(c3ccc(CC(NC(=O)C4(CCNC(C)=O)CCCC4)C(=O)O)cc3)C(CCc3ccccc3)N2C(=O)CCC(=O)O)cc1. The molecule has 4 N–H and O–H groups in total. The number of anilines is 1. The second-order valence-corrected chi connectivity index (χ2v) is 14.4. The molecule has 3 unspecified atom stereocenters. The van der Waals surface area contributed by atoms with Crippen molar-refractivity contribution in [2.24, 2.45) is 5.41 Å². The maximum atomic E-state index is 14.5. The summed E-state index contributed by atoms with van der Waals surface area (Å²) in [5.74, 6) is -2.94. The Balaban J connectivity index is 1.41. The van der Waals surface area contributed by atoms with Crippen molar-refractivity contribution < 1.29 is 43.7 Å². The van der Waals surface area contributed by atoms with Gasteiger partial charge in [0, 0.05) is 38.4 Å². The van der Waals surface area contributed by atoms with Gasteiger partial charge in [-0.1, -0.05) is 67.4 Å². The van der Waals surface area contributed by atoms with Crippen LogP contribution in [0.4, 0.5) is 5.69 Å². The number of nitrogens with one attached hydrogen (secondary N) is 2. The average molecular weight is 755 g/mol. The molecule has 4 amide bonds. The number of hydrogen-bond acceptors (Lipinski definition) is 7. The Labute approximate surface area is 321 Å². The van der Waals surface area contributed by atoms with Gasteiger partial charge < -0.3 is 30.5 Å². The standard InChI is InChI=1S/C42H50N4O9/c1-28(47)43-25-24-42(22-6-7-23-42)41(54)44-34(40(52)53)26-30-10-15-32(16-11-30)45-36(19-14-29-8-4-3-5-9-29)46(37(48)20-21-38(49)50)35(39(45)51)27-31-12-17-33(55-2)18-13-31/h3-5,8-13,15-18,34-36H,6-7,14,19-27H2,1-2H3,(H,43,47)(H,44,54)(H,49,50)(H,52,53). The van der Waals surface area contributed by atoms with Crippen molar-refractivity contribution >= 4 is 41.3 Å². The lowest BCUT2D eigenvalue weighted by molar-refractivity contribution is -0.144. The quantitative estimate of drug-likeness (QED) is 0.145. The van der Waals surface area contributed by atoms with E-state index in [1.165, 1.54) is 11.8 Å². The van der Waals surface area contributed by atoms with Crippen LogP contribution in [0, 0.1) is 5.41 Å². The molecule has 3 aromatic rings. The van der Waals surface area contributed by atoms with Gasteiger partial charge in [-0.25, -0.2) is 4.79 Å². The van der Waals surface area contributed by atoms with Gasteiger partial charge in [-0.15, -0.1) is 0 Å². The van der Waals surface area contributed by atoms with Crippen LogP contribution in [0.5, 0.6) is 5.75 Å². The van der Waals surface area contributed by atoms with Gasteiger partial charge in [-0.3, -0.25) is 28.9 Å². The first-order chi connectivity index (χ1) is 26.4. The number of carboxylic acids is 2. The van der Waals surface area contributed by atoms with Crippen LogP contribution in [0.15, 0.2) is 78.9 Å². The van der Waals surface area contributed by atoms with E-state index >= 15 is 0 Å². The number of aliphatic carboxylic acids is 2. The Hall–Kier alpha value is -5.72. The Morgan fingerprint density at radius 1 is 0.873 bits per heavy atom. The number of benzene rings is 3. The fourth-order valence-electron chi connectivity index (χ4n) is 7.78. The third-order valence-corrected chi connectivity index (χ3v) is 10.7. The highest BCUT2D eigenvalue weighted by molar-refractivity contribution is 6.03. The molecule has 13 heteroatoms. The molecule has 5 rings (SSSR count). The fourth-order valence-corrected chi connectivity index (χ4v) is 7.78.